The van der Waals surface area contributed by atoms with Crippen molar-refractivity contribution in [1.82, 2.24) is 4.57 Å². The van der Waals surface area contributed by atoms with E-state index in [4.69, 9.17) is 9.15 Å². The van der Waals surface area contributed by atoms with Crippen molar-refractivity contribution in [2.24, 2.45) is 0 Å². The van der Waals surface area contributed by atoms with Crippen LogP contribution in [0.2, 0.25) is 0 Å². The van der Waals surface area contributed by atoms with Gasteiger partial charge in [0.1, 0.15) is 5.52 Å². The second-order valence-corrected chi connectivity index (χ2v) is 4.70. The predicted molar refractivity (Wildman–Crippen MR) is 69.8 cm³/mol. The van der Waals surface area contributed by atoms with E-state index in [1.165, 1.54) is 0 Å². The van der Waals surface area contributed by atoms with Crippen molar-refractivity contribution >= 4 is 33.1 Å². The molecule has 0 atom stereocenters. The molecule has 0 aliphatic rings. The van der Waals surface area contributed by atoms with E-state index < -0.39 is 11.8 Å². The van der Waals surface area contributed by atoms with E-state index in [9.17, 15) is 9.59 Å². The monoisotopic (exact) mass is 313 g/mol. The Balaban J connectivity index is 2.35. The number of rotatable bonds is 3. The number of benzene rings is 1. The number of oxazole rings is 1. The predicted octanol–water partition coefficient (Wildman–Crippen LogP) is 3.14. The average Bonchev–Trinajstić information content (AvgIpc) is 2.64. The molecule has 1 aromatic heterocycles. The van der Waals surface area contributed by atoms with Crippen molar-refractivity contribution in [1.29, 1.82) is 0 Å². The van der Waals surface area contributed by atoms with Gasteiger partial charge in [0.05, 0.1) is 6.61 Å². The van der Waals surface area contributed by atoms with Crippen LogP contribution in [0.1, 0.15) is 19.8 Å². The summed E-state index contributed by atoms with van der Waals surface area (Å²) in [7, 11) is 0. The summed E-state index contributed by atoms with van der Waals surface area (Å²) in [6.45, 7) is 2.29. The number of hydrogen-bond donors (Lipinski definition) is 0. The van der Waals surface area contributed by atoms with Gasteiger partial charge in [0, 0.05) is 4.47 Å². The number of fused-ring (bicyclic) bond motifs is 1. The van der Waals surface area contributed by atoms with Crippen LogP contribution in [0.4, 0.5) is 4.79 Å². The molecule has 1 aromatic carbocycles. The van der Waals surface area contributed by atoms with Crippen molar-refractivity contribution in [2.75, 3.05) is 6.61 Å². The fourth-order valence-electron chi connectivity index (χ4n) is 1.53. The maximum atomic E-state index is 11.8. The molecular weight excluding hydrogens is 302 g/mol. The lowest BCUT2D eigenvalue weighted by Crippen LogP contribution is -2.24. The molecule has 18 heavy (non-hydrogen) atoms. The van der Waals surface area contributed by atoms with Crippen LogP contribution in [0, 0.1) is 0 Å². The summed E-state index contributed by atoms with van der Waals surface area (Å²) in [6.07, 6.45) is 0.984. The highest BCUT2D eigenvalue weighted by Crippen LogP contribution is 2.18. The van der Waals surface area contributed by atoms with Gasteiger partial charge in [0.15, 0.2) is 5.58 Å². The highest BCUT2D eigenvalue weighted by atomic mass is 79.9. The standard InChI is InChI=1S/C12H12BrNO4/c1-2-3-6-17-11(15)14-9-5-4-8(13)7-10(9)18-12(14)16/h4-5,7H,2-3,6H2,1H3. The van der Waals surface area contributed by atoms with Gasteiger partial charge in [-0.15, -0.1) is 0 Å². The summed E-state index contributed by atoms with van der Waals surface area (Å²) in [6, 6.07) is 4.99. The van der Waals surface area contributed by atoms with Gasteiger partial charge in [0.2, 0.25) is 0 Å². The van der Waals surface area contributed by atoms with Crippen LogP contribution < -0.4 is 5.76 Å². The fraction of sp³-hybridized carbons (Fsp3) is 0.333. The van der Waals surface area contributed by atoms with Gasteiger partial charge in [-0.2, -0.15) is 4.57 Å². The molecule has 0 amide bonds. The highest BCUT2D eigenvalue weighted by molar-refractivity contribution is 9.10. The molecular formula is C12H12BrNO4. The van der Waals surface area contributed by atoms with Gasteiger partial charge in [-0.3, -0.25) is 0 Å². The van der Waals surface area contributed by atoms with E-state index in [1.807, 2.05) is 6.92 Å². The highest BCUT2D eigenvalue weighted by Gasteiger charge is 2.17. The van der Waals surface area contributed by atoms with Crippen molar-refractivity contribution in [3.05, 3.63) is 33.2 Å². The van der Waals surface area contributed by atoms with E-state index in [0.29, 0.717) is 17.7 Å². The Morgan fingerprint density at radius 1 is 1.50 bits per heavy atom. The first-order valence-corrected chi connectivity index (χ1v) is 6.41. The molecule has 0 saturated heterocycles. The number of hydrogen-bond acceptors (Lipinski definition) is 4. The van der Waals surface area contributed by atoms with Gasteiger partial charge < -0.3 is 9.15 Å². The molecule has 5 nitrogen and oxygen atoms in total. The first kappa shape index (κ1) is 12.9. The lowest BCUT2D eigenvalue weighted by Gasteiger charge is -2.03. The Hall–Kier alpha value is -1.56. The smallest absolute Gasteiger partial charge is 0.429 e. The first-order valence-electron chi connectivity index (χ1n) is 5.61. The molecule has 1 heterocycles. The van der Waals surface area contributed by atoms with Crippen LogP contribution in [0.3, 0.4) is 0 Å². The Kier molecular flexibility index (Phi) is 3.86. The number of nitrogens with zero attached hydrogens (tertiary/aromatic N) is 1. The molecule has 0 radical (unpaired) electrons. The third kappa shape index (κ3) is 2.48. The second-order valence-electron chi connectivity index (χ2n) is 3.78. The molecule has 0 unspecified atom stereocenters. The molecule has 0 aliphatic carbocycles. The molecule has 2 aromatic rings. The lowest BCUT2D eigenvalue weighted by molar-refractivity contribution is 0.145. The number of unbranched alkanes of at least 4 members (excludes halogenated alkanes) is 1. The van der Waals surface area contributed by atoms with Crippen LogP contribution >= 0.6 is 15.9 Å². The van der Waals surface area contributed by atoms with Crippen LogP contribution in [0.5, 0.6) is 0 Å². The maximum Gasteiger partial charge on any atom is 0.429 e. The minimum atomic E-state index is -0.732. The van der Waals surface area contributed by atoms with Crippen LogP contribution in [-0.2, 0) is 4.74 Å². The topological polar surface area (TPSA) is 61.4 Å². The van der Waals surface area contributed by atoms with E-state index in [1.54, 1.807) is 18.2 Å². The third-order valence-corrected chi connectivity index (χ3v) is 2.94. The minimum absolute atomic E-state index is 0.297. The van der Waals surface area contributed by atoms with Crippen molar-refractivity contribution < 1.29 is 13.9 Å². The molecule has 0 aliphatic heterocycles. The number of ether oxygens (including phenoxy) is 1. The number of halogens is 1. The Bertz CT molecular complexity index is 629. The third-order valence-electron chi connectivity index (χ3n) is 2.45. The Morgan fingerprint density at radius 3 is 3.00 bits per heavy atom. The lowest BCUT2D eigenvalue weighted by atomic mass is 10.3. The molecule has 0 saturated carbocycles. The van der Waals surface area contributed by atoms with E-state index in [2.05, 4.69) is 15.9 Å². The number of aromatic nitrogens is 1. The van der Waals surface area contributed by atoms with Gasteiger partial charge in [-0.1, -0.05) is 29.3 Å². The summed E-state index contributed by atoms with van der Waals surface area (Å²) >= 11 is 3.27. The second kappa shape index (κ2) is 5.39. The van der Waals surface area contributed by atoms with E-state index >= 15 is 0 Å². The molecule has 0 N–H and O–H groups in total. The van der Waals surface area contributed by atoms with Gasteiger partial charge in [-0.25, -0.2) is 9.59 Å². The van der Waals surface area contributed by atoms with Crippen LogP contribution in [-0.4, -0.2) is 17.3 Å². The minimum Gasteiger partial charge on any atom is -0.449 e. The average molecular weight is 314 g/mol. The quantitative estimate of drug-likeness (QED) is 0.817. The molecule has 96 valence electrons. The zero-order chi connectivity index (χ0) is 13.1. The summed E-state index contributed by atoms with van der Waals surface area (Å²) in [5.41, 5.74) is 0.756. The summed E-state index contributed by atoms with van der Waals surface area (Å²) in [5.74, 6) is -0.732. The summed E-state index contributed by atoms with van der Waals surface area (Å²) in [4.78, 5) is 23.4. The van der Waals surface area contributed by atoms with Crippen molar-refractivity contribution in [3.8, 4) is 0 Å². The zero-order valence-electron chi connectivity index (χ0n) is 9.81. The molecule has 6 heteroatoms. The normalized spacial score (nSPS) is 10.8. The summed E-state index contributed by atoms with van der Waals surface area (Å²) in [5, 5.41) is 0. The fourth-order valence-corrected chi connectivity index (χ4v) is 1.87. The molecule has 0 spiro atoms. The SMILES string of the molecule is CCCCOC(=O)n1c(=O)oc2cc(Br)ccc21. The van der Waals surface area contributed by atoms with Crippen molar-refractivity contribution in [3.63, 3.8) is 0 Å². The Morgan fingerprint density at radius 2 is 2.28 bits per heavy atom. The number of carbonyl (C=O) groups excluding carboxylic acids is 1. The van der Waals surface area contributed by atoms with Crippen molar-refractivity contribution in [2.45, 2.75) is 19.8 Å². The summed E-state index contributed by atoms with van der Waals surface area (Å²) < 4.78 is 11.7. The molecule has 0 fully saturated rings. The van der Waals surface area contributed by atoms with Crippen LogP contribution in [0.25, 0.3) is 11.1 Å². The van der Waals surface area contributed by atoms with E-state index in [-0.39, 0.29) is 0 Å². The number of carbonyl (C=O) groups is 1. The van der Waals surface area contributed by atoms with Gasteiger partial charge >= 0.3 is 11.8 Å². The van der Waals surface area contributed by atoms with Crippen LogP contribution in [0.15, 0.2) is 31.9 Å². The van der Waals surface area contributed by atoms with Gasteiger partial charge in [0.25, 0.3) is 0 Å². The molecule has 2 rings (SSSR count). The maximum absolute atomic E-state index is 11.8. The Labute approximate surface area is 111 Å². The first-order chi connectivity index (χ1) is 8.63. The van der Waals surface area contributed by atoms with Gasteiger partial charge in [-0.05, 0) is 24.6 Å². The van der Waals surface area contributed by atoms with E-state index in [0.717, 1.165) is 21.9 Å². The molecule has 0 bridgehead atoms. The zero-order valence-corrected chi connectivity index (χ0v) is 11.4. The largest absolute Gasteiger partial charge is 0.449 e.